The van der Waals surface area contributed by atoms with Crippen molar-refractivity contribution in [1.82, 2.24) is 10.3 Å². The van der Waals surface area contributed by atoms with Crippen molar-refractivity contribution in [2.75, 3.05) is 6.54 Å². The Morgan fingerprint density at radius 2 is 2.10 bits per heavy atom. The Kier molecular flexibility index (Phi) is 5.08. The Bertz CT molecular complexity index is 681. The number of amides is 1. The maximum absolute atomic E-state index is 12.0. The standard InChI is InChI=1S/C17H17N3O/c1-13-8-9-16(12-19-13)17(21)20-11-15-6-3-2-5-14(15)7-4-10-18/h2-3,5-6,8-9,12H,10-11,18H2,1H3,(H,20,21). The van der Waals surface area contributed by atoms with Crippen LogP contribution in [-0.4, -0.2) is 17.4 Å². The van der Waals surface area contributed by atoms with Crippen molar-refractivity contribution in [1.29, 1.82) is 0 Å². The van der Waals surface area contributed by atoms with Gasteiger partial charge in [0.1, 0.15) is 0 Å². The molecule has 4 heteroatoms. The summed E-state index contributed by atoms with van der Waals surface area (Å²) in [6.07, 6.45) is 1.57. The van der Waals surface area contributed by atoms with Gasteiger partial charge in [0.25, 0.3) is 5.91 Å². The molecule has 4 nitrogen and oxygen atoms in total. The van der Waals surface area contributed by atoms with Crippen LogP contribution in [0.3, 0.4) is 0 Å². The molecule has 1 heterocycles. The van der Waals surface area contributed by atoms with Crippen LogP contribution in [0.5, 0.6) is 0 Å². The van der Waals surface area contributed by atoms with Crippen LogP contribution in [0.25, 0.3) is 0 Å². The van der Waals surface area contributed by atoms with E-state index in [9.17, 15) is 4.79 Å². The summed E-state index contributed by atoms with van der Waals surface area (Å²) in [5.74, 6) is 5.68. The highest BCUT2D eigenvalue weighted by Crippen LogP contribution is 2.07. The number of aryl methyl sites for hydroxylation is 1. The summed E-state index contributed by atoms with van der Waals surface area (Å²) in [6.45, 7) is 2.62. The summed E-state index contributed by atoms with van der Waals surface area (Å²) in [5.41, 5.74) is 8.66. The van der Waals surface area contributed by atoms with E-state index in [-0.39, 0.29) is 5.91 Å². The lowest BCUT2D eigenvalue weighted by atomic mass is 10.1. The number of carbonyl (C=O) groups excluding carboxylic acids is 1. The zero-order chi connectivity index (χ0) is 15.1. The quantitative estimate of drug-likeness (QED) is 0.839. The summed E-state index contributed by atoms with van der Waals surface area (Å²) in [6, 6.07) is 11.3. The summed E-state index contributed by atoms with van der Waals surface area (Å²) >= 11 is 0. The van der Waals surface area contributed by atoms with Crippen LogP contribution in [0, 0.1) is 18.8 Å². The van der Waals surface area contributed by atoms with Gasteiger partial charge in [-0.05, 0) is 30.7 Å². The highest BCUT2D eigenvalue weighted by Gasteiger charge is 2.06. The van der Waals surface area contributed by atoms with E-state index in [4.69, 9.17) is 5.73 Å². The number of hydrogen-bond donors (Lipinski definition) is 2. The van der Waals surface area contributed by atoms with Gasteiger partial charge in [-0.15, -0.1) is 0 Å². The SMILES string of the molecule is Cc1ccc(C(=O)NCc2ccccc2C#CCN)cn1. The third-order valence-corrected chi connectivity index (χ3v) is 2.96. The van der Waals surface area contributed by atoms with Crippen molar-refractivity contribution in [2.24, 2.45) is 5.73 Å². The normalized spacial score (nSPS) is 9.62. The number of rotatable bonds is 3. The van der Waals surface area contributed by atoms with Crippen LogP contribution in [-0.2, 0) is 6.54 Å². The predicted molar refractivity (Wildman–Crippen MR) is 82.5 cm³/mol. The maximum atomic E-state index is 12.0. The molecule has 0 aliphatic rings. The number of nitrogens with zero attached hydrogens (tertiary/aromatic N) is 1. The molecule has 1 amide bonds. The van der Waals surface area contributed by atoms with Crippen LogP contribution in [0.1, 0.15) is 27.2 Å². The molecule has 0 fully saturated rings. The van der Waals surface area contributed by atoms with E-state index in [0.717, 1.165) is 16.8 Å². The van der Waals surface area contributed by atoms with E-state index in [2.05, 4.69) is 22.1 Å². The van der Waals surface area contributed by atoms with Gasteiger partial charge in [0.2, 0.25) is 0 Å². The Hall–Kier alpha value is -2.64. The molecule has 0 atom stereocenters. The van der Waals surface area contributed by atoms with Crippen LogP contribution in [0.2, 0.25) is 0 Å². The largest absolute Gasteiger partial charge is 0.348 e. The topological polar surface area (TPSA) is 68.0 Å². The molecule has 1 aromatic carbocycles. The zero-order valence-corrected chi connectivity index (χ0v) is 11.9. The molecule has 0 saturated heterocycles. The van der Waals surface area contributed by atoms with Crippen molar-refractivity contribution in [3.8, 4) is 11.8 Å². The van der Waals surface area contributed by atoms with Crippen molar-refractivity contribution >= 4 is 5.91 Å². The summed E-state index contributed by atoms with van der Waals surface area (Å²) in [7, 11) is 0. The molecule has 0 aliphatic heterocycles. The Morgan fingerprint density at radius 1 is 1.29 bits per heavy atom. The molecular weight excluding hydrogens is 262 g/mol. The first-order valence-electron chi connectivity index (χ1n) is 6.68. The molecule has 1 aromatic heterocycles. The lowest BCUT2D eigenvalue weighted by molar-refractivity contribution is 0.0950. The molecule has 0 spiro atoms. The molecule has 0 aliphatic carbocycles. The first kappa shape index (κ1) is 14.8. The minimum absolute atomic E-state index is 0.149. The van der Waals surface area contributed by atoms with Gasteiger partial charge in [0.15, 0.2) is 0 Å². The van der Waals surface area contributed by atoms with E-state index in [1.807, 2.05) is 37.3 Å². The minimum Gasteiger partial charge on any atom is -0.348 e. The highest BCUT2D eigenvalue weighted by molar-refractivity contribution is 5.93. The van der Waals surface area contributed by atoms with Gasteiger partial charge in [0, 0.05) is 24.0 Å². The second kappa shape index (κ2) is 7.22. The second-order valence-corrected chi connectivity index (χ2v) is 4.53. The second-order valence-electron chi connectivity index (χ2n) is 4.53. The Labute approximate surface area is 124 Å². The van der Waals surface area contributed by atoms with Crippen molar-refractivity contribution in [2.45, 2.75) is 13.5 Å². The van der Waals surface area contributed by atoms with Crippen LogP contribution < -0.4 is 11.1 Å². The highest BCUT2D eigenvalue weighted by atomic mass is 16.1. The number of benzene rings is 1. The lowest BCUT2D eigenvalue weighted by Gasteiger charge is -2.07. The van der Waals surface area contributed by atoms with E-state index >= 15 is 0 Å². The number of pyridine rings is 1. The molecule has 0 saturated carbocycles. The third kappa shape index (κ3) is 4.16. The van der Waals surface area contributed by atoms with Crippen LogP contribution in [0.15, 0.2) is 42.6 Å². The van der Waals surface area contributed by atoms with Gasteiger partial charge >= 0.3 is 0 Å². The zero-order valence-electron chi connectivity index (χ0n) is 11.9. The summed E-state index contributed by atoms with van der Waals surface area (Å²) in [4.78, 5) is 16.2. The summed E-state index contributed by atoms with van der Waals surface area (Å²) in [5, 5.41) is 2.87. The fraction of sp³-hybridized carbons (Fsp3) is 0.176. The minimum atomic E-state index is -0.149. The Balaban J connectivity index is 2.06. The average Bonchev–Trinajstić information content (AvgIpc) is 2.52. The van der Waals surface area contributed by atoms with E-state index in [1.165, 1.54) is 0 Å². The van der Waals surface area contributed by atoms with Gasteiger partial charge in [0.05, 0.1) is 12.1 Å². The van der Waals surface area contributed by atoms with Gasteiger partial charge in [-0.3, -0.25) is 9.78 Å². The molecule has 0 radical (unpaired) electrons. The smallest absolute Gasteiger partial charge is 0.253 e. The van der Waals surface area contributed by atoms with Gasteiger partial charge in [-0.25, -0.2) is 0 Å². The predicted octanol–water partition coefficient (Wildman–Crippen LogP) is 1.63. The van der Waals surface area contributed by atoms with Crippen molar-refractivity contribution in [3.05, 3.63) is 65.0 Å². The lowest BCUT2D eigenvalue weighted by Crippen LogP contribution is -2.23. The molecule has 0 bridgehead atoms. The first-order chi connectivity index (χ1) is 10.2. The summed E-state index contributed by atoms with van der Waals surface area (Å²) < 4.78 is 0. The Morgan fingerprint density at radius 3 is 2.81 bits per heavy atom. The van der Waals surface area contributed by atoms with E-state index < -0.39 is 0 Å². The molecular formula is C17H17N3O. The molecule has 106 valence electrons. The monoisotopic (exact) mass is 279 g/mol. The number of nitrogens with two attached hydrogens (primary N) is 1. The van der Waals surface area contributed by atoms with Gasteiger partial charge < -0.3 is 11.1 Å². The molecule has 2 rings (SSSR count). The molecule has 21 heavy (non-hydrogen) atoms. The molecule has 3 N–H and O–H groups in total. The number of hydrogen-bond acceptors (Lipinski definition) is 3. The maximum Gasteiger partial charge on any atom is 0.253 e. The fourth-order valence-corrected chi connectivity index (χ4v) is 1.82. The van der Waals surface area contributed by atoms with Crippen LogP contribution in [0.4, 0.5) is 0 Å². The third-order valence-electron chi connectivity index (χ3n) is 2.96. The molecule has 2 aromatic rings. The van der Waals surface area contributed by atoms with E-state index in [0.29, 0.717) is 18.7 Å². The van der Waals surface area contributed by atoms with Crippen molar-refractivity contribution in [3.63, 3.8) is 0 Å². The average molecular weight is 279 g/mol. The number of aromatic nitrogens is 1. The first-order valence-corrected chi connectivity index (χ1v) is 6.68. The van der Waals surface area contributed by atoms with Gasteiger partial charge in [-0.1, -0.05) is 30.0 Å². The van der Waals surface area contributed by atoms with Gasteiger partial charge in [-0.2, -0.15) is 0 Å². The number of nitrogens with one attached hydrogen (secondary N) is 1. The number of carbonyl (C=O) groups is 1. The molecule has 0 unspecified atom stereocenters. The van der Waals surface area contributed by atoms with Crippen LogP contribution >= 0.6 is 0 Å². The van der Waals surface area contributed by atoms with E-state index in [1.54, 1.807) is 12.3 Å². The fourth-order valence-electron chi connectivity index (χ4n) is 1.82. The van der Waals surface area contributed by atoms with Crippen molar-refractivity contribution < 1.29 is 4.79 Å².